The Labute approximate surface area is 162 Å². The maximum atomic E-state index is 12.9. The van der Waals surface area contributed by atoms with Crippen molar-refractivity contribution in [3.63, 3.8) is 0 Å². The predicted molar refractivity (Wildman–Crippen MR) is 109 cm³/mol. The largest absolute Gasteiger partial charge is 0.399 e. The molecule has 2 heterocycles. The molecule has 6 heteroatoms. The first-order valence-corrected chi connectivity index (χ1v) is 9.11. The van der Waals surface area contributed by atoms with Crippen LogP contribution in [-0.4, -0.2) is 17.4 Å². The Morgan fingerprint density at radius 2 is 2.04 bits per heavy atom. The van der Waals surface area contributed by atoms with Gasteiger partial charge in [-0.15, -0.1) is 0 Å². The second kappa shape index (κ2) is 7.29. The van der Waals surface area contributed by atoms with Gasteiger partial charge in [0.1, 0.15) is 0 Å². The van der Waals surface area contributed by atoms with E-state index in [1.807, 2.05) is 36.4 Å². The van der Waals surface area contributed by atoms with Crippen LogP contribution in [0.1, 0.15) is 21.5 Å². The maximum absolute atomic E-state index is 12.9. The van der Waals surface area contributed by atoms with Gasteiger partial charge in [-0.25, -0.2) is 0 Å². The van der Waals surface area contributed by atoms with Crippen LogP contribution in [0.5, 0.6) is 0 Å². The minimum Gasteiger partial charge on any atom is -0.399 e. The molecule has 1 aliphatic heterocycles. The molecule has 3 aromatic rings. The third-order valence-electron chi connectivity index (χ3n) is 4.62. The van der Waals surface area contributed by atoms with E-state index in [4.69, 9.17) is 17.3 Å². The van der Waals surface area contributed by atoms with E-state index in [0.29, 0.717) is 29.4 Å². The van der Waals surface area contributed by atoms with Gasteiger partial charge in [0.25, 0.3) is 5.91 Å². The second-order valence-corrected chi connectivity index (χ2v) is 6.98. The number of halogens is 1. The topological polar surface area (TPSA) is 71.2 Å². The highest BCUT2D eigenvalue weighted by Crippen LogP contribution is 2.27. The van der Waals surface area contributed by atoms with Crippen molar-refractivity contribution in [3.05, 3.63) is 82.6 Å². The monoisotopic (exact) mass is 378 g/mol. The molecule has 4 rings (SSSR count). The molecule has 0 saturated carbocycles. The number of carbonyl (C=O) groups excluding carboxylic acids is 1. The van der Waals surface area contributed by atoms with Crippen LogP contribution >= 0.6 is 11.6 Å². The standard InChI is InChI=1S/C21H19ClN4O/c22-16-4-5-20-15(9-16)6-7-26(21(20)27)19-8-14(11-24-13-19)12-25-18-3-1-2-17(23)10-18/h1-5,8-11,13,25H,6-7,12,23H2. The first kappa shape index (κ1) is 17.4. The van der Waals surface area contributed by atoms with Crippen LogP contribution in [0.15, 0.2) is 60.9 Å². The van der Waals surface area contributed by atoms with E-state index in [-0.39, 0.29) is 5.91 Å². The molecular weight excluding hydrogens is 360 g/mol. The number of aromatic nitrogens is 1. The normalized spacial score (nSPS) is 13.4. The zero-order valence-corrected chi connectivity index (χ0v) is 15.4. The van der Waals surface area contributed by atoms with Gasteiger partial charge in [-0.2, -0.15) is 0 Å². The van der Waals surface area contributed by atoms with Crippen molar-refractivity contribution >= 4 is 34.6 Å². The molecule has 0 unspecified atom stereocenters. The van der Waals surface area contributed by atoms with Gasteiger partial charge in [0, 0.05) is 41.2 Å². The lowest BCUT2D eigenvalue weighted by Crippen LogP contribution is -2.37. The summed E-state index contributed by atoms with van der Waals surface area (Å²) in [6, 6.07) is 15.0. The highest BCUT2D eigenvalue weighted by Gasteiger charge is 2.25. The number of anilines is 3. The van der Waals surface area contributed by atoms with Crippen LogP contribution < -0.4 is 16.0 Å². The number of benzene rings is 2. The molecule has 0 aliphatic carbocycles. The molecule has 0 bridgehead atoms. The highest BCUT2D eigenvalue weighted by atomic mass is 35.5. The van der Waals surface area contributed by atoms with Crippen LogP contribution in [0.3, 0.4) is 0 Å². The minimum atomic E-state index is -0.0179. The number of fused-ring (bicyclic) bond motifs is 1. The molecule has 5 nitrogen and oxygen atoms in total. The van der Waals surface area contributed by atoms with E-state index in [1.54, 1.807) is 29.4 Å². The number of carbonyl (C=O) groups is 1. The Bertz CT molecular complexity index is 1000. The number of nitrogens with one attached hydrogen (secondary N) is 1. The van der Waals surface area contributed by atoms with Gasteiger partial charge in [-0.05, 0) is 60.0 Å². The first-order chi connectivity index (χ1) is 13.1. The Balaban J connectivity index is 1.52. The highest BCUT2D eigenvalue weighted by molar-refractivity contribution is 6.30. The van der Waals surface area contributed by atoms with E-state index >= 15 is 0 Å². The molecule has 27 heavy (non-hydrogen) atoms. The number of pyridine rings is 1. The molecule has 0 atom stereocenters. The zero-order valence-electron chi connectivity index (χ0n) is 14.7. The fraction of sp³-hybridized carbons (Fsp3) is 0.143. The number of amides is 1. The summed E-state index contributed by atoms with van der Waals surface area (Å²) in [4.78, 5) is 19.0. The SMILES string of the molecule is Nc1cccc(NCc2cncc(N3CCc4cc(Cl)ccc4C3=O)c2)c1. The third-order valence-corrected chi connectivity index (χ3v) is 4.86. The van der Waals surface area contributed by atoms with E-state index < -0.39 is 0 Å². The molecular formula is C21H19ClN4O. The lowest BCUT2D eigenvalue weighted by Gasteiger charge is -2.28. The Kier molecular flexibility index (Phi) is 4.69. The fourth-order valence-corrected chi connectivity index (χ4v) is 3.47. The van der Waals surface area contributed by atoms with E-state index in [1.165, 1.54) is 0 Å². The molecule has 1 amide bonds. The van der Waals surface area contributed by atoms with Crippen LogP contribution in [0.25, 0.3) is 0 Å². The lowest BCUT2D eigenvalue weighted by atomic mass is 9.98. The summed E-state index contributed by atoms with van der Waals surface area (Å²) in [5.41, 5.74) is 11.0. The van der Waals surface area contributed by atoms with Gasteiger partial charge in [-0.1, -0.05) is 17.7 Å². The fourth-order valence-electron chi connectivity index (χ4n) is 3.27. The van der Waals surface area contributed by atoms with Crippen LogP contribution in [0.4, 0.5) is 17.1 Å². The van der Waals surface area contributed by atoms with Crippen molar-refractivity contribution in [2.45, 2.75) is 13.0 Å². The molecule has 0 saturated heterocycles. The summed E-state index contributed by atoms with van der Waals surface area (Å²) < 4.78 is 0. The summed E-state index contributed by atoms with van der Waals surface area (Å²) in [6.45, 7) is 1.21. The minimum absolute atomic E-state index is 0.0179. The van der Waals surface area contributed by atoms with Gasteiger partial charge < -0.3 is 16.0 Å². The summed E-state index contributed by atoms with van der Waals surface area (Å²) in [6.07, 6.45) is 4.29. The van der Waals surface area contributed by atoms with Gasteiger partial charge in [0.05, 0.1) is 11.9 Å². The summed E-state index contributed by atoms with van der Waals surface area (Å²) in [5, 5.41) is 3.99. The molecule has 3 N–H and O–H groups in total. The number of rotatable bonds is 4. The quantitative estimate of drug-likeness (QED) is 0.669. The lowest BCUT2D eigenvalue weighted by molar-refractivity contribution is 0.0980. The van der Waals surface area contributed by atoms with Crippen molar-refractivity contribution in [1.82, 2.24) is 4.98 Å². The maximum Gasteiger partial charge on any atom is 0.258 e. The Hall–Kier alpha value is -3.05. The van der Waals surface area contributed by atoms with Crippen molar-refractivity contribution < 1.29 is 4.79 Å². The Morgan fingerprint density at radius 1 is 1.15 bits per heavy atom. The van der Waals surface area contributed by atoms with E-state index in [9.17, 15) is 4.79 Å². The number of nitrogens with zero attached hydrogens (tertiary/aromatic N) is 2. The first-order valence-electron chi connectivity index (χ1n) is 8.74. The second-order valence-electron chi connectivity index (χ2n) is 6.54. The van der Waals surface area contributed by atoms with Gasteiger partial charge in [0.2, 0.25) is 0 Å². The van der Waals surface area contributed by atoms with Crippen molar-refractivity contribution in [2.75, 3.05) is 22.5 Å². The number of hydrogen-bond donors (Lipinski definition) is 2. The van der Waals surface area contributed by atoms with Gasteiger partial charge in [0.15, 0.2) is 0 Å². The van der Waals surface area contributed by atoms with E-state index in [0.717, 1.165) is 28.9 Å². The predicted octanol–water partition coefficient (Wildman–Crippen LogP) is 4.13. The van der Waals surface area contributed by atoms with Gasteiger partial charge in [-0.3, -0.25) is 9.78 Å². The summed E-state index contributed by atoms with van der Waals surface area (Å²) in [5.74, 6) is -0.0179. The average Bonchev–Trinajstić information content (AvgIpc) is 2.67. The third kappa shape index (κ3) is 3.73. The molecule has 0 spiro atoms. The zero-order chi connectivity index (χ0) is 18.8. The Morgan fingerprint density at radius 3 is 2.89 bits per heavy atom. The number of hydrogen-bond acceptors (Lipinski definition) is 4. The molecule has 1 aliphatic rings. The van der Waals surface area contributed by atoms with Crippen molar-refractivity contribution in [2.24, 2.45) is 0 Å². The summed E-state index contributed by atoms with van der Waals surface area (Å²) in [7, 11) is 0. The molecule has 0 fully saturated rings. The smallest absolute Gasteiger partial charge is 0.258 e. The molecule has 2 aromatic carbocycles. The average molecular weight is 379 g/mol. The van der Waals surface area contributed by atoms with Crippen LogP contribution in [0.2, 0.25) is 5.02 Å². The van der Waals surface area contributed by atoms with Crippen LogP contribution in [0, 0.1) is 0 Å². The molecule has 1 aromatic heterocycles. The number of nitrogen functional groups attached to an aromatic ring is 1. The van der Waals surface area contributed by atoms with E-state index in [2.05, 4.69) is 10.3 Å². The van der Waals surface area contributed by atoms with Crippen molar-refractivity contribution in [1.29, 1.82) is 0 Å². The van der Waals surface area contributed by atoms with Crippen molar-refractivity contribution in [3.8, 4) is 0 Å². The molecule has 136 valence electrons. The summed E-state index contributed by atoms with van der Waals surface area (Å²) >= 11 is 6.04. The number of nitrogens with two attached hydrogens (primary N) is 1. The van der Waals surface area contributed by atoms with Gasteiger partial charge >= 0.3 is 0 Å². The van der Waals surface area contributed by atoms with Crippen LogP contribution in [-0.2, 0) is 13.0 Å². The molecule has 0 radical (unpaired) electrons.